The summed E-state index contributed by atoms with van der Waals surface area (Å²) in [6, 6.07) is 9.00. The monoisotopic (exact) mass is 246 g/mol. The molecular formula is C15H22N2O. The van der Waals surface area contributed by atoms with Crippen LogP contribution in [0, 0.1) is 0 Å². The van der Waals surface area contributed by atoms with Gasteiger partial charge in [0, 0.05) is 19.1 Å². The van der Waals surface area contributed by atoms with Gasteiger partial charge in [0.15, 0.2) is 0 Å². The summed E-state index contributed by atoms with van der Waals surface area (Å²) in [5, 5.41) is 14.5. The molecule has 3 rings (SSSR count). The molecule has 0 radical (unpaired) electrons. The van der Waals surface area contributed by atoms with Crippen molar-refractivity contribution >= 4 is 0 Å². The lowest BCUT2D eigenvalue weighted by molar-refractivity contribution is -0.0619. The second kappa shape index (κ2) is 4.34. The summed E-state index contributed by atoms with van der Waals surface area (Å²) < 4.78 is 0. The quantitative estimate of drug-likeness (QED) is 0.791. The van der Waals surface area contributed by atoms with Crippen LogP contribution in [0.1, 0.15) is 36.9 Å². The fourth-order valence-corrected chi connectivity index (χ4v) is 3.40. The Labute approximate surface area is 109 Å². The molecule has 2 aliphatic heterocycles. The van der Waals surface area contributed by atoms with Gasteiger partial charge in [0.1, 0.15) is 0 Å². The Morgan fingerprint density at radius 3 is 2.94 bits per heavy atom. The van der Waals surface area contributed by atoms with E-state index in [0.29, 0.717) is 6.04 Å². The van der Waals surface area contributed by atoms with Crippen molar-refractivity contribution in [2.24, 2.45) is 0 Å². The molecule has 1 aromatic rings. The van der Waals surface area contributed by atoms with E-state index in [2.05, 4.69) is 48.5 Å². The maximum Gasteiger partial charge on any atom is 0.0868 e. The number of nitrogens with one attached hydrogen (secondary N) is 1. The third-order valence-corrected chi connectivity index (χ3v) is 4.70. The van der Waals surface area contributed by atoms with Crippen molar-refractivity contribution in [3.05, 3.63) is 35.4 Å². The lowest BCUT2D eigenvalue weighted by atomic mass is 9.79. The molecule has 3 atom stereocenters. The topological polar surface area (TPSA) is 35.5 Å². The highest BCUT2D eigenvalue weighted by molar-refractivity contribution is 5.36. The molecule has 1 aromatic carbocycles. The van der Waals surface area contributed by atoms with Crippen molar-refractivity contribution < 1.29 is 5.11 Å². The molecule has 3 heteroatoms. The van der Waals surface area contributed by atoms with Crippen LogP contribution in [0.25, 0.3) is 0 Å². The Morgan fingerprint density at radius 1 is 1.39 bits per heavy atom. The molecular weight excluding hydrogens is 224 g/mol. The van der Waals surface area contributed by atoms with Crippen molar-refractivity contribution in [1.82, 2.24) is 10.2 Å². The summed E-state index contributed by atoms with van der Waals surface area (Å²) in [6.07, 6.45) is 1.69. The molecule has 0 aromatic heterocycles. The van der Waals surface area contributed by atoms with Crippen LogP contribution in [-0.4, -0.2) is 35.2 Å². The normalized spacial score (nSPS) is 36.6. The highest BCUT2D eigenvalue weighted by Crippen LogP contribution is 2.40. The predicted octanol–water partition coefficient (Wildman–Crippen LogP) is 1.68. The van der Waals surface area contributed by atoms with E-state index in [9.17, 15) is 5.11 Å². The van der Waals surface area contributed by atoms with Crippen LogP contribution in [0.15, 0.2) is 24.3 Å². The summed E-state index contributed by atoms with van der Waals surface area (Å²) in [5.74, 6) is 0. The number of hydrogen-bond acceptors (Lipinski definition) is 3. The minimum Gasteiger partial charge on any atom is -0.388 e. The molecule has 2 aliphatic rings. The number of benzene rings is 1. The van der Waals surface area contributed by atoms with Crippen molar-refractivity contribution in [2.75, 3.05) is 13.6 Å². The van der Waals surface area contributed by atoms with Gasteiger partial charge in [-0.05, 0) is 37.9 Å². The first kappa shape index (κ1) is 12.2. The Bertz CT molecular complexity index is 448. The molecule has 0 spiro atoms. The Kier molecular flexibility index (Phi) is 2.93. The molecule has 1 saturated heterocycles. The Morgan fingerprint density at radius 2 is 2.17 bits per heavy atom. The molecule has 2 heterocycles. The van der Waals surface area contributed by atoms with Crippen molar-refractivity contribution in [3.8, 4) is 0 Å². The second-order valence-electron chi connectivity index (χ2n) is 5.90. The summed E-state index contributed by atoms with van der Waals surface area (Å²) in [4.78, 5) is 2.33. The summed E-state index contributed by atoms with van der Waals surface area (Å²) in [6.45, 7) is 4.05. The van der Waals surface area contributed by atoms with Crippen LogP contribution in [0.5, 0.6) is 0 Å². The van der Waals surface area contributed by atoms with Crippen LogP contribution in [0.4, 0.5) is 0 Å². The van der Waals surface area contributed by atoms with Crippen molar-refractivity contribution in [1.29, 1.82) is 0 Å². The van der Waals surface area contributed by atoms with Crippen LogP contribution in [0.2, 0.25) is 0 Å². The zero-order valence-electron chi connectivity index (χ0n) is 11.2. The average molecular weight is 246 g/mol. The molecule has 3 nitrogen and oxygen atoms in total. The van der Waals surface area contributed by atoms with Crippen LogP contribution >= 0.6 is 0 Å². The lowest BCUT2D eigenvalue weighted by Crippen LogP contribution is -2.52. The van der Waals surface area contributed by atoms with Gasteiger partial charge in [-0.15, -0.1) is 0 Å². The molecule has 98 valence electrons. The molecule has 2 N–H and O–H groups in total. The molecule has 0 aliphatic carbocycles. The van der Waals surface area contributed by atoms with Gasteiger partial charge in [0.25, 0.3) is 0 Å². The maximum absolute atomic E-state index is 11.0. The number of likely N-dealkylation sites (tertiary alicyclic amines) is 1. The van der Waals surface area contributed by atoms with Gasteiger partial charge in [-0.3, -0.25) is 0 Å². The molecule has 3 unspecified atom stereocenters. The number of rotatable bonds is 1. The molecule has 0 saturated carbocycles. The van der Waals surface area contributed by atoms with Crippen LogP contribution in [-0.2, 0) is 6.54 Å². The standard InChI is InChI=1S/C15H22N2O/c1-11-9-15(18,7-8-17(11)2)14-13-6-4-3-5-12(13)10-16-14/h3-6,11,14,16,18H,7-10H2,1-2H3. The van der Waals surface area contributed by atoms with E-state index < -0.39 is 5.60 Å². The molecule has 0 amide bonds. The highest BCUT2D eigenvalue weighted by Gasteiger charge is 2.44. The van der Waals surface area contributed by atoms with Gasteiger partial charge in [-0.2, -0.15) is 0 Å². The second-order valence-corrected chi connectivity index (χ2v) is 5.90. The van der Waals surface area contributed by atoms with Crippen molar-refractivity contribution in [2.45, 2.75) is 44.0 Å². The number of piperidine rings is 1. The maximum atomic E-state index is 11.0. The lowest BCUT2D eigenvalue weighted by Gasteiger charge is -2.44. The molecule has 0 bridgehead atoms. The average Bonchev–Trinajstić information content (AvgIpc) is 2.79. The fourth-order valence-electron chi connectivity index (χ4n) is 3.40. The summed E-state index contributed by atoms with van der Waals surface area (Å²) in [7, 11) is 2.14. The Hall–Kier alpha value is -0.900. The van der Waals surface area contributed by atoms with Crippen LogP contribution < -0.4 is 5.32 Å². The first-order valence-electron chi connectivity index (χ1n) is 6.84. The van der Waals surface area contributed by atoms with E-state index >= 15 is 0 Å². The molecule has 1 fully saturated rings. The minimum absolute atomic E-state index is 0.102. The first-order chi connectivity index (χ1) is 8.60. The highest BCUT2D eigenvalue weighted by atomic mass is 16.3. The van der Waals surface area contributed by atoms with Gasteiger partial charge >= 0.3 is 0 Å². The fraction of sp³-hybridized carbons (Fsp3) is 0.600. The zero-order valence-corrected chi connectivity index (χ0v) is 11.2. The van der Waals surface area contributed by atoms with E-state index in [0.717, 1.165) is 25.9 Å². The number of hydrogen-bond donors (Lipinski definition) is 2. The van der Waals surface area contributed by atoms with Crippen LogP contribution in [0.3, 0.4) is 0 Å². The van der Waals surface area contributed by atoms with Gasteiger partial charge in [-0.1, -0.05) is 24.3 Å². The largest absolute Gasteiger partial charge is 0.388 e. The zero-order chi connectivity index (χ0) is 12.8. The van der Waals surface area contributed by atoms with Gasteiger partial charge in [-0.25, -0.2) is 0 Å². The van der Waals surface area contributed by atoms with E-state index in [1.54, 1.807) is 0 Å². The third-order valence-electron chi connectivity index (χ3n) is 4.70. The van der Waals surface area contributed by atoms with E-state index in [-0.39, 0.29) is 6.04 Å². The van der Waals surface area contributed by atoms with E-state index in [1.165, 1.54) is 11.1 Å². The van der Waals surface area contributed by atoms with E-state index in [4.69, 9.17) is 0 Å². The van der Waals surface area contributed by atoms with Gasteiger partial charge in [0.05, 0.1) is 11.6 Å². The summed E-state index contributed by atoms with van der Waals surface area (Å²) in [5.41, 5.74) is 2.03. The van der Waals surface area contributed by atoms with Gasteiger partial charge < -0.3 is 15.3 Å². The van der Waals surface area contributed by atoms with Gasteiger partial charge in [0.2, 0.25) is 0 Å². The number of fused-ring (bicyclic) bond motifs is 1. The number of aliphatic hydroxyl groups is 1. The first-order valence-corrected chi connectivity index (χ1v) is 6.84. The summed E-state index contributed by atoms with van der Waals surface area (Å²) >= 11 is 0. The smallest absolute Gasteiger partial charge is 0.0868 e. The SMILES string of the molecule is CC1CC(O)(C2NCc3ccccc32)CCN1C. The van der Waals surface area contributed by atoms with Crippen molar-refractivity contribution in [3.63, 3.8) is 0 Å². The predicted molar refractivity (Wildman–Crippen MR) is 72.3 cm³/mol. The van der Waals surface area contributed by atoms with E-state index in [1.807, 2.05) is 0 Å². The minimum atomic E-state index is -0.599. The number of nitrogens with zero attached hydrogens (tertiary/aromatic N) is 1. The molecule has 18 heavy (non-hydrogen) atoms. The Balaban J connectivity index is 1.88. The third kappa shape index (κ3) is 1.87.